The Bertz CT molecular complexity index is 1450. The number of nitrogens with one attached hydrogen (secondary N) is 1. The first-order valence-electron chi connectivity index (χ1n) is 10.2. The van der Waals surface area contributed by atoms with Gasteiger partial charge in [-0.3, -0.25) is 9.59 Å². The first-order valence-corrected chi connectivity index (χ1v) is 10.2. The van der Waals surface area contributed by atoms with Crippen LogP contribution in [0.25, 0.3) is 33.1 Å². The molecule has 1 amide bonds. The number of pyridine rings is 1. The second kappa shape index (κ2) is 8.35. The second-order valence-corrected chi connectivity index (χ2v) is 7.31. The van der Waals surface area contributed by atoms with Crippen LogP contribution < -0.4 is 10.9 Å². The van der Waals surface area contributed by atoms with Gasteiger partial charge in [0, 0.05) is 16.3 Å². The SMILES string of the molecule is O=C(Cn1c2ccccc2c(=O)c2ccccc21)NN=Cc1ccc(-c2ccccc2)o1. The van der Waals surface area contributed by atoms with E-state index < -0.39 is 0 Å². The van der Waals surface area contributed by atoms with E-state index in [1.165, 1.54) is 6.21 Å². The van der Waals surface area contributed by atoms with Crippen LogP contribution in [0.1, 0.15) is 5.76 Å². The van der Waals surface area contributed by atoms with Crippen molar-refractivity contribution in [1.29, 1.82) is 0 Å². The molecule has 0 saturated heterocycles. The monoisotopic (exact) mass is 421 g/mol. The van der Waals surface area contributed by atoms with Gasteiger partial charge in [0.1, 0.15) is 18.1 Å². The summed E-state index contributed by atoms with van der Waals surface area (Å²) in [5.41, 5.74) is 4.87. The Hall–Kier alpha value is -4.45. The molecule has 0 spiro atoms. The van der Waals surface area contributed by atoms with E-state index >= 15 is 0 Å². The zero-order valence-electron chi connectivity index (χ0n) is 17.1. The van der Waals surface area contributed by atoms with Crippen LogP contribution in [0.4, 0.5) is 0 Å². The van der Waals surface area contributed by atoms with Crippen molar-refractivity contribution in [3.8, 4) is 11.3 Å². The fourth-order valence-corrected chi connectivity index (χ4v) is 3.77. The van der Waals surface area contributed by atoms with Gasteiger partial charge < -0.3 is 8.98 Å². The van der Waals surface area contributed by atoms with E-state index in [1.54, 1.807) is 18.2 Å². The van der Waals surface area contributed by atoms with Gasteiger partial charge in [0.2, 0.25) is 0 Å². The zero-order chi connectivity index (χ0) is 21.9. The summed E-state index contributed by atoms with van der Waals surface area (Å²) >= 11 is 0. The Balaban J connectivity index is 1.37. The summed E-state index contributed by atoms with van der Waals surface area (Å²) in [7, 11) is 0. The molecule has 0 aliphatic rings. The largest absolute Gasteiger partial charge is 0.455 e. The summed E-state index contributed by atoms with van der Waals surface area (Å²) in [5.74, 6) is 0.947. The molecule has 0 saturated carbocycles. The number of furan rings is 1. The smallest absolute Gasteiger partial charge is 0.260 e. The molecule has 2 heterocycles. The number of aromatic nitrogens is 1. The summed E-state index contributed by atoms with van der Waals surface area (Å²) in [4.78, 5) is 25.5. The highest BCUT2D eigenvalue weighted by atomic mass is 16.3. The standard InChI is InChI=1S/C26H19N3O3/c30-25(28-27-16-19-14-15-24(32-19)18-8-2-1-3-9-18)17-29-22-12-6-4-10-20(22)26(31)21-11-5-7-13-23(21)29/h1-16H,17H2,(H,28,30). The Labute approximate surface area is 183 Å². The number of hydrogen-bond acceptors (Lipinski definition) is 4. The molecule has 5 aromatic rings. The molecular weight excluding hydrogens is 402 g/mol. The highest BCUT2D eigenvalue weighted by molar-refractivity contribution is 5.95. The van der Waals surface area contributed by atoms with Gasteiger partial charge in [0.05, 0.1) is 17.2 Å². The highest BCUT2D eigenvalue weighted by Gasteiger charge is 2.12. The van der Waals surface area contributed by atoms with E-state index in [0.717, 1.165) is 11.3 Å². The zero-order valence-corrected chi connectivity index (χ0v) is 17.1. The normalized spacial score (nSPS) is 11.4. The number of para-hydroxylation sites is 2. The molecule has 1 N–H and O–H groups in total. The van der Waals surface area contributed by atoms with Crippen molar-refractivity contribution < 1.29 is 9.21 Å². The van der Waals surface area contributed by atoms with Crippen molar-refractivity contribution in [2.75, 3.05) is 0 Å². The molecule has 6 nitrogen and oxygen atoms in total. The number of nitrogens with zero attached hydrogens (tertiary/aromatic N) is 2. The Kier molecular flexibility index (Phi) is 5.09. The Morgan fingerprint density at radius 2 is 1.47 bits per heavy atom. The van der Waals surface area contributed by atoms with E-state index in [1.807, 2.05) is 77.4 Å². The van der Waals surface area contributed by atoms with Crippen LogP contribution in [0, 0.1) is 0 Å². The number of benzene rings is 3. The van der Waals surface area contributed by atoms with Crippen molar-refractivity contribution >= 4 is 33.9 Å². The molecule has 0 aliphatic heterocycles. The van der Waals surface area contributed by atoms with Crippen molar-refractivity contribution in [1.82, 2.24) is 9.99 Å². The van der Waals surface area contributed by atoms with Crippen LogP contribution in [-0.2, 0) is 11.3 Å². The Morgan fingerprint density at radius 1 is 0.844 bits per heavy atom. The molecule has 6 heteroatoms. The lowest BCUT2D eigenvalue weighted by molar-refractivity contribution is -0.121. The topological polar surface area (TPSA) is 76.6 Å². The van der Waals surface area contributed by atoms with Crippen molar-refractivity contribution in [2.45, 2.75) is 6.54 Å². The number of carbonyl (C=O) groups excluding carboxylic acids is 1. The third-order valence-electron chi connectivity index (χ3n) is 5.25. The molecule has 32 heavy (non-hydrogen) atoms. The predicted octanol–water partition coefficient (Wildman–Crippen LogP) is 4.57. The lowest BCUT2D eigenvalue weighted by Gasteiger charge is -2.14. The molecule has 0 unspecified atom stereocenters. The minimum atomic E-state index is -0.310. The average molecular weight is 421 g/mol. The fourth-order valence-electron chi connectivity index (χ4n) is 3.77. The van der Waals surface area contributed by atoms with Crippen LogP contribution in [0.2, 0.25) is 0 Å². The maximum Gasteiger partial charge on any atom is 0.260 e. The molecular formula is C26H19N3O3. The molecule has 2 aromatic heterocycles. The molecule has 156 valence electrons. The van der Waals surface area contributed by atoms with Gasteiger partial charge in [-0.15, -0.1) is 0 Å². The number of amides is 1. The number of hydrazone groups is 1. The first-order chi connectivity index (χ1) is 15.7. The summed E-state index contributed by atoms with van der Waals surface area (Å²) < 4.78 is 7.59. The maximum atomic E-state index is 12.8. The Morgan fingerprint density at radius 3 is 2.16 bits per heavy atom. The van der Waals surface area contributed by atoms with Crippen molar-refractivity contribution in [3.05, 3.63) is 107 Å². The number of hydrogen-bond donors (Lipinski definition) is 1. The summed E-state index contributed by atoms with van der Waals surface area (Å²) in [5, 5.41) is 5.18. The quantitative estimate of drug-likeness (QED) is 0.257. The minimum absolute atomic E-state index is 0.0199. The maximum absolute atomic E-state index is 12.8. The molecule has 5 rings (SSSR count). The summed E-state index contributed by atoms with van der Waals surface area (Å²) in [6, 6.07) is 28.0. The third kappa shape index (κ3) is 3.70. The fraction of sp³-hybridized carbons (Fsp3) is 0.0385. The van der Waals surface area contributed by atoms with E-state index in [-0.39, 0.29) is 17.9 Å². The lowest BCUT2D eigenvalue weighted by Crippen LogP contribution is -2.25. The first kappa shape index (κ1) is 19.5. The molecule has 0 atom stereocenters. The van der Waals surface area contributed by atoms with E-state index in [0.29, 0.717) is 27.6 Å². The molecule has 0 radical (unpaired) electrons. The molecule has 0 bridgehead atoms. The van der Waals surface area contributed by atoms with Crippen LogP contribution in [-0.4, -0.2) is 16.7 Å². The van der Waals surface area contributed by atoms with Crippen LogP contribution >= 0.6 is 0 Å². The molecule has 0 aliphatic carbocycles. The van der Waals surface area contributed by atoms with Crippen LogP contribution in [0.5, 0.6) is 0 Å². The van der Waals surface area contributed by atoms with E-state index in [4.69, 9.17) is 4.42 Å². The molecule has 3 aromatic carbocycles. The van der Waals surface area contributed by atoms with Gasteiger partial charge in [-0.05, 0) is 36.4 Å². The summed E-state index contributed by atoms with van der Waals surface area (Å²) in [6.45, 7) is 0.0199. The number of rotatable bonds is 5. The number of fused-ring (bicyclic) bond motifs is 2. The van der Waals surface area contributed by atoms with Gasteiger partial charge in [0.15, 0.2) is 5.43 Å². The number of carbonyl (C=O) groups is 1. The van der Waals surface area contributed by atoms with Gasteiger partial charge in [-0.2, -0.15) is 5.10 Å². The van der Waals surface area contributed by atoms with Crippen LogP contribution in [0.3, 0.4) is 0 Å². The molecule has 0 fully saturated rings. The predicted molar refractivity (Wildman–Crippen MR) is 126 cm³/mol. The minimum Gasteiger partial charge on any atom is -0.455 e. The van der Waals surface area contributed by atoms with E-state index in [2.05, 4.69) is 10.5 Å². The lowest BCUT2D eigenvalue weighted by atomic mass is 10.1. The van der Waals surface area contributed by atoms with Gasteiger partial charge in [-0.25, -0.2) is 5.43 Å². The average Bonchev–Trinajstić information content (AvgIpc) is 3.31. The third-order valence-corrected chi connectivity index (χ3v) is 5.25. The van der Waals surface area contributed by atoms with Crippen molar-refractivity contribution in [3.63, 3.8) is 0 Å². The van der Waals surface area contributed by atoms with Crippen molar-refractivity contribution in [2.24, 2.45) is 5.10 Å². The van der Waals surface area contributed by atoms with E-state index in [9.17, 15) is 9.59 Å². The second-order valence-electron chi connectivity index (χ2n) is 7.31. The highest BCUT2D eigenvalue weighted by Crippen LogP contribution is 2.21. The summed E-state index contributed by atoms with van der Waals surface area (Å²) in [6.07, 6.45) is 1.46. The van der Waals surface area contributed by atoms with Gasteiger partial charge in [-0.1, -0.05) is 54.6 Å². The van der Waals surface area contributed by atoms with Crippen LogP contribution in [0.15, 0.2) is 105 Å². The van der Waals surface area contributed by atoms with Gasteiger partial charge in [0.25, 0.3) is 5.91 Å². The van der Waals surface area contributed by atoms with Gasteiger partial charge >= 0.3 is 0 Å².